The summed E-state index contributed by atoms with van der Waals surface area (Å²) < 4.78 is 6.61. The molecule has 2 aromatic rings. The monoisotopic (exact) mass is 217 g/mol. The highest BCUT2D eigenvalue weighted by molar-refractivity contribution is 6.09. The molecule has 82 valence electrons. The molecule has 2 heterocycles. The number of carbonyl (C=O) groups excluding carboxylic acids is 1. The van der Waals surface area contributed by atoms with Gasteiger partial charge in [0.25, 0.3) is 0 Å². The average molecular weight is 217 g/mol. The first-order valence-corrected chi connectivity index (χ1v) is 4.75. The number of carbonyl (C=O) groups is 1. The van der Waals surface area contributed by atoms with Gasteiger partial charge in [-0.2, -0.15) is 5.10 Å². The molecule has 0 N–H and O–H groups in total. The van der Waals surface area contributed by atoms with Gasteiger partial charge in [-0.25, -0.2) is 4.98 Å². The van der Waals surface area contributed by atoms with Gasteiger partial charge >= 0.3 is 0 Å². The van der Waals surface area contributed by atoms with Gasteiger partial charge in [-0.3, -0.25) is 9.48 Å². The number of hydrogen-bond acceptors (Lipinski definition) is 4. The van der Waals surface area contributed by atoms with Crippen molar-refractivity contribution in [1.82, 2.24) is 14.8 Å². The molecule has 0 unspecified atom stereocenters. The first-order valence-electron chi connectivity index (χ1n) is 4.75. The minimum absolute atomic E-state index is 0.189. The summed E-state index contributed by atoms with van der Waals surface area (Å²) in [6, 6.07) is 5.02. The van der Waals surface area contributed by atoms with Crippen LogP contribution < -0.4 is 4.74 Å². The second-order valence-electron chi connectivity index (χ2n) is 3.26. The fraction of sp³-hybridized carbons (Fsp3) is 0.182. The van der Waals surface area contributed by atoms with Crippen LogP contribution in [0.3, 0.4) is 0 Å². The summed E-state index contributed by atoms with van der Waals surface area (Å²) in [6.45, 7) is 0. The molecule has 5 heteroatoms. The summed E-state index contributed by atoms with van der Waals surface area (Å²) in [5.74, 6) is 0.128. The van der Waals surface area contributed by atoms with Gasteiger partial charge in [0.1, 0.15) is 5.69 Å². The second-order valence-corrected chi connectivity index (χ2v) is 3.26. The largest absolute Gasteiger partial charge is 0.480 e. The zero-order valence-electron chi connectivity index (χ0n) is 9.04. The van der Waals surface area contributed by atoms with E-state index < -0.39 is 0 Å². The van der Waals surface area contributed by atoms with Crippen molar-refractivity contribution in [1.29, 1.82) is 0 Å². The molecular formula is C11H11N3O2. The summed E-state index contributed by atoms with van der Waals surface area (Å²) in [7, 11) is 3.24. The van der Waals surface area contributed by atoms with Crippen LogP contribution in [0.1, 0.15) is 16.1 Å². The number of methoxy groups -OCH3 is 1. The van der Waals surface area contributed by atoms with Crippen LogP contribution in [0.2, 0.25) is 0 Å². The zero-order chi connectivity index (χ0) is 11.5. The molecule has 0 saturated heterocycles. The molecule has 0 radical (unpaired) electrons. The summed E-state index contributed by atoms with van der Waals surface area (Å²) in [5.41, 5.74) is 0.803. The number of pyridine rings is 1. The predicted octanol–water partition coefficient (Wildman–Crippen LogP) is 1.05. The Hall–Kier alpha value is -2.17. The molecule has 0 saturated carbocycles. The minimum Gasteiger partial charge on any atom is -0.480 e. The maximum Gasteiger partial charge on any atom is 0.224 e. The third-order valence-corrected chi connectivity index (χ3v) is 2.16. The van der Waals surface area contributed by atoms with E-state index in [1.54, 1.807) is 42.3 Å². The van der Waals surface area contributed by atoms with Crippen LogP contribution in [-0.4, -0.2) is 27.7 Å². The maximum absolute atomic E-state index is 12.0. The van der Waals surface area contributed by atoms with Crippen molar-refractivity contribution in [2.45, 2.75) is 0 Å². The first kappa shape index (κ1) is 10.4. The summed E-state index contributed by atoms with van der Waals surface area (Å²) >= 11 is 0. The SMILES string of the molecule is COc1ncccc1C(=O)c1ccn(C)n1. The Labute approximate surface area is 92.7 Å². The van der Waals surface area contributed by atoms with Gasteiger partial charge in [0.15, 0.2) is 0 Å². The Morgan fingerprint density at radius 2 is 2.25 bits per heavy atom. The Morgan fingerprint density at radius 3 is 2.88 bits per heavy atom. The summed E-state index contributed by atoms with van der Waals surface area (Å²) in [6.07, 6.45) is 3.30. The van der Waals surface area contributed by atoms with Crippen molar-refractivity contribution in [2.24, 2.45) is 7.05 Å². The van der Waals surface area contributed by atoms with E-state index in [-0.39, 0.29) is 5.78 Å². The molecule has 0 fully saturated rings. The summed E-state index contributed by atoms with van der Waals surface area (Å²) in [5, 5.41) is 4.05. The van der Waals surface area contributed by atoms with Gasteiger partial charge in [-0.1, -0.05) is 0 Å². The lowest BCUT2D eigenvalue weighted by molar-refractivity contribution is 0.103. The lowest BCUT2D eigenvalue weighted by Gasteiger charge is -2.03. The van der Waals surface area contributed by atoms with Gasteiger partial charge in [0.05, 0.1) is 12.7 Å². The molecule has 0 bridgehead atoms. The number of ether oxygens (including phenoxy) is 1. The van der Waals surface area contributed by atoms with Crippen molar-refractivity contribution >= 4 is 5.78 Å². The highest BCUT2D eigenvalue weighted by Gasteiger charge is 2.16. The third-order valence-electron chi connectivity index (χ3n) is 2.16. The molecule has 0 aliphatic rings. The van der Waals surface area contributed by atoms with E-state index in [0.29, 0.717) is 17.1 Å². The van der Waals surface area contributed by atoms with Crippen LogP contribution in [0.25, 0.3) is 0 Å². The molecule has 2 aromatic heterocycles. The number of rotatable bonds is 3. The Kier molecular flexibility index (Phi) is 2.68. The van der Waals surface area contributed by atoms with Crippen molar-refractivity contribution in [3.63, 3.8) is 0 Å². The first-order chi connectivity index (χ1) is 7.72. The topological polar surface area (TPSA) is 57.0 Å². The van der Waals surface area contributed by atoms with Gasteiger partial charge in [0, 0.05) is 19.4 Å². The van der Waals surface area contributed by atoms with Crippen molar-refractivity contribution in [3.05, 3.63) is 41.9 Å². The highest BCUT2D eigenvalue weighted by Crippen LogP contribution is 2.17. The minimum atomic E-state index is -0.189. The van der Waals surface area contributed by atoms with Crippen LogP contribution in [0.5, 0.6) is 5.88 Å². The molecule has 0 atom stereocenters. The van der Waals surface area contributed by atoms with Gasteiger partial charge < -0.3 is 4.74 Å². The second kappa shape index (κ2) is 4.14. The summed E-state index contributed by atoms with van der Waals surface area (Å²) in [4.78, 5) is 16.0. The highest BCUT2D eigenvalue weighted by atomic mass is 16.5. The van der Waals surface area contributed by atoms with Crippen molar-refractivity contribution < 1.29 is 9.53 Å². The van der Waals surface area contributed by atoms with Crippen LogP contribution >= 0.6 is 0 Å². The van der Waals surface area contributed by atoms with E-state index in [2.05, 4.69) is 10.1 Å². The Morgan fingerprint density at radius 1 is 1.44 bits per heavy atom. The molecule has 0 aliphatic carbocycles. The van der Waals surface area contributed by atoms with E-state index in [0.717, 1.165) is 0 Å². The van der Waals surface area contributed by atoms with Gasteiger partial charge in [0.2, 0.25) is 11.7 Å². The fourth-order valence-electron chi connectivity index (χ4n) is 1.40. The Bertz CT molecular complexity index is 519. The normalized spacial score (nSPS) is 10.1. The molecule has 0 amide bonds. The molecule has 0 aliphatic heterocycles. The molecule has 2 rings (SSSR count). The van der Waals surface area contributed by atoms with E-state index in [4.69, 9.17) is 4.74 Å². The molecular weight excluding hydrogens is 206 g/mol. The Balaban J connectivity index is 2.41. The van der Waals surface area contributed by atoms with E-state index >= 15 is 0 Å². The molecule has 5 nitrogen and oxygen atoms in total. The predicted molar refractivity (Wildman–Crippen MR) is 57.4 cm³/mol. The standard InChI is InChI=1S/C11H11N3O2/c1-14-7-5-9(13-14)10(15)8-4-3-6-12-11(8)16-2/h3-7H,1-2H3. The van der Waals surface area contributed by atoms with E-state index in [1.807, 2.05) is 0 Å². The van der Waals surface area contributed by atoms with Crippen LogP contribution in [0.4, 0.5) is 0 Å². The van der Waals surface area contributed by atoms with Gasteiger partial charge in [-0.15, -0.1) is 0 Å². The maximum atomic E-state index is 12.0. The van der Waals surface area contributed by atoms with E-state index in [1.165, 1.54) is 7.11 Å². The lowest BCUT2D eigenvalue weighted by Crippen LogP contribution is -2.06. The fourth-order valence-corrected chi connectivity index (χ4v) is 1.40. The number of nitrogens with zero attached hydrogens (tertiary/aromatic N) is 3. The average Bonchev–Trinajstić information content (AvgIpc) is 2.75. The van der Waals surface area contributed by atoms with Crippen molar-refractivity contribution in [2.75, 3.05) is 7.11 Å². The third kappa shape index (κ3) is 1.79. The van der Waals surface area contributed by atoms with Crippen LogP contribution in [-0.2, 0) is 7.05 Å². The number of aromatic nitrogens is 3. The lowest BCUT2D eigenvalue weighted by atomic mass is 10.1. The number of ketones is 1. The quantitative estimate of drug-likeness (QED) is 0.721. The van der Waals surface area contributed by atoms with Crippen LogP contribution in [0, 0.1) is 0 Å². The smallest absolute Gasteiger partial charge is 0.224 e. The molecule has 0 spiro atoms. The van der Waals surface area contributed by atoms with E-state index in [9.17, 15) is 4.79 Å². The van der Waals surface area contributed by atoms with Gasteiger partial charge in [-0.05, 0) is 18.2 Å². The number of aryl methyl sites for hydroxylation is 1. The molecule has 16 heavy (non-hydrogen) atoms. The van der Waals surface area contributed by atoms with Crippen molar-refractivity contribution in [3.8, 4) is 5.88 Å². The molecule has 0 aromatic carbocycles. The number of hydrogen-bond donors (Lipinski definition) is 0. The zero-order valence-corrected chi connectivity index (χ0v) is 9.04. The van der Waals surface area contributed by atoms with Crippen LogP contribution in [0.15, 0.2) is 30.6 Å².